The summed E-state index contributed by atoms with van der Waals surface area (Å²) in [6.07, 6.45) is 1.89. The van der Waals surface area contributed by atoms with Crippen molar-refractivity contribution in [1.29, 1.82) is 0 Å². The van der Waals surface area contributed by atoms with Gasteiger partial charge in [-0.15, -0.1) is 11.3 Å². The molecule has 1 amide bonds. The Balaban J connectivity index is 1.72. The van der Waals surface area contributed by atoms with Crippen LogP contribution in [0.3, 0.4) is 0 Å². The van der Waals surface area contributed by atoms with Gasteiger partial charge in [0.15, 0.2) is 5.16 Å². The normalized spacial score (nSPS) is 11.2. The number of thioether (sulfide) groups is 1. The number of anilines is 1. The topological polar surface area (TPSA) is 64.0 Å². The Labute approximate surface area is 199 Å². The van der Waals surface area contributed by atoms with Crippen molar-refractivity contribution in [3.8, 4) is 5.69 Å². The number of amides is 1. The predicted octanol–water partition coefficient (Wildman–Crippen LogP) is 5.89. The van der Waals surface area contributed by atoms with Crippen LogP contribution < -0.4 is 10.9 Å². The maximum atomic E-state index is 13.6. The minimum absolute atomic E-state index is 0.0628. The maximum Gasteiger partial charge on any atom is 0.267 e. The van der Waals surface area contributed by atoms with Crippen molar-refractivity contribution in [2.45, 2.75) is 38.8 Å². The van der Waals surface area contributed by atoms with Crippen molar-refractivity contribution in [3.05, 3.63) is 80.7 Å². The second-order valence-corrected chi connectivity index (χ2v) is 9.82. The highest BCUT2D eigenvalue weighted by Crippen LogP contribution is 2.31. The van der Waals surface area contributed by atoms with Gasteiger partial charge in [0.25, 0.3) is 5.56 Å². The van der Waals surface area contributed by atoms with Crippen LogP contribution in [0, 0.1) is 19.7 Å². The monoisotopic (exact) mass is 481 g/mol. The Hall–Kier alpha value is -2.97. The number of hydrogen-bond donors (Lipinski definition) is 1. The first-order valence-corrected chi connectivity index (χ1v) is 12.5. The standard InChI is InChI=1S/C25H24FN3O2S2/c1-4-6-20-16(3)22-23(33-20)28-25(29(24(22)31)19-8-5-7-15(2)13-19)32-14-21(30)27-18-11-9-17(26)10-12-18/h5,7-13H,4,6,14H2,1-3H3,(H,27,30). The van der Waals surface area contributed by atoms with Gasteiger partial charge in [-0.3, -0.25) is 14.2 Å². The second kappa shape index (κ2) is 9.89. The molecule has 4 rings (SSSR count). The van der Waals surface area contributed by atoms with Gasteiger partial charge in [0, 0.05) is 10.6 Å². The van der Waals surface area contributed by atoms with Crippen LogP contribution in [0.5, 0.6) is 0 Å². The molecule has 0 spiro atoms. The summed E-state index contributed by atoms with van der Waals surface area (Å²) in [5, 5.41) is 3.86. The molecule has 0 atom stereocenters. The molecule has 0 aliphatic rings. The van der Waals surface area contributed by atoms with Crippen molar-refractivity contribution < 1.29 is 9.18 Å². The first kappa shape index (κ1) is 23.2. The van der Waals surface area contributed by atoms with E-state index < -0.39 is 0 Å². The average Bonchev–Trinajstić information content (AvgIpc) is 3.09. The van der Waals surface area contributed by atoms with Crippen LogP contribution in [0.4, 0.5) is 10.1 Å². The van der Waals surface area contributed by atoms with Gasteiger partial charge < -0.3 is 5.32 Å². The number of thiophene rings is 1. The van der Waals surface area contributed by atoms with Crippen molar-refractivity contribution >= 4 is 44.9 Å². The molecule has 2 aromatic heterocycles. The van der Waals surface area contributed by atoms with E-state index in [0.29, 0.717) is 21.1 Å². The number of aryl methyl sites for hydroxylation is 3. The van der Waals surface area contributed by atoms with Crippen molar-refractivity contribution in [1.82, 2.24) is 9.55 Å². The molecular formula is C25H24FN3O2S2. The highest BCUT2D eigenvalue weighted by Gasteiger charge is 2.20. The Morgan fingerprint density at radius 1 is 1.18 bits per heavy atom. The zero-order valence-corrected chi connectivity index (χ0v) is 20.3. The lowest BCUT2D eigenvalue weighted by atomic mass is 10.1. The molecule has 0 saturated heterocycles. The maximum absolute atomic E-state index is 13.6. The summed E-state index contributed by atoms with van der Waals surface area (Å²) >= 11 is 2.76. The van der Waals surface area contributed by atoms with Gasteiger partial charge in [-0.05, 0) is 67.8 Å². The summed E-state index contributed by atoms with van der Waals surface area (Å²) in [6.45, 7) is 6.07. The summed E-state index contributed by atoms with van der Waals surface area (Å²) in [5.74, 6) is -0.561. The van der Waals surface area contributed by atoms with Crippen molar-refractivity contribution in [2.75, 3.05) is 11.1 Å². The van der Waals surface area contributed by atoms with E-state index in [2.05, 4.69) is 12.2 Å². The highest BCUT2D eigenvalue weighted by molar-refractivity contribution is 7.99. The predicted molar refractivity (Wildman–Crippen MR) is 134 cm³/mol. The molecule has 5 nitrogen and oxygen atoms in total. The third kappa shape index (κ3) is 5.02. The van der Waals surface area contributed by atoms with E-state index in [1.54, 1.807) is 15.9 Å². The Morgan fingerprint density at radius 2 is 1.94 bits per heavy atom. The number of nitrogens with one attached hydrogen (secondary N) is 1. The molecule has 0 saturated carbocycles. The van der Waals surface area contributed by atoms with Gasteiger partial charge in [0.2, 0.25) is 5.91 Å². The Bertz CT molecular complexity index is 1380. The van der Waals surface area contributed by atoms with Crippen LogP contribution in [0.2, 0.25) is 0 Å². The van der Waals surface area contributed by atoms with Crippen LogP contribution in [0.15, 0.2) is 58.5 Å². The fourth-order valence-corrected chi connectivity index (χ4v) is 5.76. The molecule has 4 aromatic rings. The molecule has 2 heterocycles. The minimum atomic E-state index is -0.365. The lowest BCUT2D eigenvalue weighted by Gasteiger charge is -2.13. The Kier molecular flexibility index (Phi) is 6.95. The average molecular weight is 482 g/mol. The molecular weight excluding hydrogens is 457 g/mol. The lowest BCUT2D eigenvalue weighted by molar-refractivity contribution is -0.113. The molecule has 0 bridgehead atoms. The van der Waals surface area contributed by atoms with E-state index in [1.807, 2.05) is 38.1 Å². The van der Waals surface area contributed by atoms with E-state index in [1.165, 1.54) is 40.9 Å². The molecule has 0 aliphatic carbocycles. The SMILES string of the molecule is CCCc1sc2nc(SCC(=O)Nc3ccc(F)cc3)n(-c3cccc(C)c3)c(=O)c2c1C. The third-order valence-electron chi connectivity index (χ3n) is 5.23. The third-order valence-corrected chi connectivity index (χ3v) is 7.41. The van der Waals surface area contributed by atoms with Crippen LogP contribution >= 0.6 is 23.1 Å². The van der Waals surface area contributed by atoms with E-state index in [0.717, 1.165) is 29.7 Å². The van der Waals surface area contributed by atoms with Crippen LogP contribution in [-0.4, -0.2) is 21.2 Å². The zero-order chi connectivity index (χ0) is 23.5. The number of carbonyl (C=O) groups excluding carboxylic acids is 1. The number of hydrogen-bond acceptors (Lipinski definition) is 5. The number of rotatable bonds is 7. The van der Waals surface area contributed by atoms with E-state index in [9.17, 15) is 14.0 Å². The van der Waals surface area contributed by atoms with Gasteiger partial charge in [0.1, 0.15) is 10.6 Å². The zero-order valence-electron chi connectivity index (χ0n) is 18.6. The van der Waals surface area contributed by atoms with Gasteiger partial charge in [-0.2, -0.15) is 0 Å². The quantitative estimate of drug-likeness (QED) is 0.264. The summed E-state index contributed by atoms with van der Waals surface area (Å²) in [6, 6.07) is 13.3. The summed E-state index contributed by atoms with van der Waals surface area (Å²) < 4.78 is 14.7. The second-order valence-electron chi connectivity index (χ2n) is 7.80. The first-order valence-electron chi connectivity index (χ1n) is 10.7. The number of fused-ring (bicyclic) bond motifs is 1. The van der Waals surface area contributed by atoms with Crippen LogP contribution in [0.1, 0.15) is 29.3 Å². The first-order chi connectivity index (χ1) is 15.9. The molecule has 0 aliphatic heterocycles. The Morgan fingerprint density at radius 3 is 2.64 bits per heavy atom. The van der Waals surface area contributed by atoms with Gasteiger partial charge in [-0.25, -0.2) is 9.37 Å². The molecule has 2 aromatic carbocycles. The number of benzene rings is 2. The number of aromatic nitrogens is 2. The molecule has 170 valence electrons. The lowest BCUT2D eigenvalue weighted by Crippen LogP contribution is -2.23. The fourth-order valence-electron chi connectivity index (χ4n) is 3.63. The molecule has 33 heavy (non-hydrogen) atoms. The van der Waals surface area contributed by atoms with E-state index in [-0.39, 0.29) is 23.0 Å². The summed E-state index contributed by atoms with van der Waals surface area (Å²) in [7, 11) is 0. The molecule has 0 unspecified atom stereocenters. The molecule has 0 radical (unpaired) electrons. The highest BCUT2D eigenvalue weighted by atomic mass is 32.2. The summed E-state index contributed by atoms with van der Waals surface area (Å²) in [4.78, 5) is 32.9. The van der Waals surface area contributed by atoms with E-state index in [4.69, 9.17) is 4.98 Å². The molecule has 0 fully saturated rings. The van der Waals surface area contributed by atoms with Crippen LogP contribution in [-0.2, 0) is 11.2 Å². The number of halogens is 1. The molecule has 8 heteroatoms. The van der Waals surface area contributed by atoms with Crippen molar-refractivity contribution in [3.63, 3.8) is 0 Å². The smallest absolute Gasteiger partial charge is 0.267 e. The van der Waals surface area contributed by atoms with Gasteiger partial charge in [0.05, 0.1) is 16.8 Å². The van der Waals surface area contributed by atoms with Crippen molar-refractivity contribution in [2.24, 2.45) is 0 Å². The van der Waals surface area contributed by atoms with Gasteiger partial charge in [-0.1, -0.05) is 37.2 Å². The van der Waals surface area contributed by atoms with Crippen LogP contribution in [0.25, 0.3) is 15.9 Å². The molecule has 1 N–H and O–H groups in total. The van der Waals surface area contributed by atoms with E-state index >= 15 is 0 Å². The minimum Gasteiger partial charge on any atom is -0.325 e. The fraction of sp³-hybridized carbons (Fsp3) is 0.240. The number of carbonyl (C=O) groups is 1. The largest absolute Gasteiger partial charge is 0.325 e. The van der Waals surface area contributed by atoms with Gasteiger partial charge >= 0.3 is 0 Å². The summed E-state index contributed by atoms with van der Waals surface area (Å²) in [5.41, 5.74) is 3.13. The number of nitrogens with zero attached hydrogens (tertiary/aromatic N) is 2.